The molecule has 0 aliphatic heterocycles. The number of hydrogen-bond donors (Lipinski definition) is 0. The van der Waals surface area contributed by atoms with E-state index in [0.29, 0.717) is 24.6 Å². The number of nitrogens with zero attached hydrogens (tertiary/aromatic N) is 3. The lowest BCUT2D eigenvalue weighted by Crippen LogP contribution is -2.39. The maximum Gasteiger partial charge on any atom is 0.331 e. The molecule has 0 bridgehead atoms. The average molecular weight is 279 g/mol. The van der Waals surface area contributed by atoms with Crippen molar-refractivity contribution in [3.63, 3.8) is 0 Å². The normalized spacial score (nSPS) is 10.9. The van der Waals surface area contributed by atoms with Crippen molar-refractivity contribution in [2.24, 2.45) is 0 Å². The van der Waals surface area contributed by atoms with Crippen molar-refractivity contribution >= 4 is 0 Å². The molecule has 7 heteroatoms. The lowest BCUT2D eigenvalue weighted by atomic mass is 10.3. The van der Waals surface area contributed by atoms with Crippen LogP contribution < -0.4 is 11.2 Å². The molecule has 2 aromatic heterocycles. The molecule has 20 heavy (non-hydrogen) atoms. The Labute approximate surface area is 115 Å². The van der Waals surface area contributed by atoms with Crippen LogP contribution in [0.5, 0.6) is 0 Å². The molecule has 0 spiro atoms. The lowest BCUT2D eigenvalue weighted by molar-refractivity contribution is 0.155. The van der Waals surface area contributed by atoms with E-state index >= 15 is 0 Å². The van der Waals surface area contributed by atoms with Gasteiger partial charge in [-0.05, 0) is 6.42 Å². The van der Waals surface area contributed by atoms with Gasteiger partial charge in [-0.15, -0.1) is 0 Å². The minimum absolute atomic E-state index is 0.0927. The van der Waals surface area contributed by atoms with Crippen LogP contribution in [0.2, 0.25) is 0 Å². The molecule has 0 saturated heterocycles. The Morgan fingerprint density at radius 3 is 2.90 bits per heavy atom. The zero-order chi connectivity index (χ0) is 14.5. The minimum atomic E-state index is -0.348. The van der Waals surface area contributed by atoms with E-state index < -0.39 is 0 Å². The topological polar surface area (TPSA) is 79.3 Å². The van der Waals surface area contributed by atoms with Gasteiger partial charge in [0.2, 0.25) is 0 Å². The summed E-state index contributed by atoms with van der Waals surface area (Å²) in [6.45, 7) is 2.94. The molecule has 0 N–H and O–H groups in total. The summed E-state index contributed by atoms with van der Waals surface area (Å²) >= 11 is 0. The molecule has 0 aromatic carbocycles. The number of hydrogen-bond acceptors (Lipinski definition) is 5. The van der Waals surface area contributed by atoms with Gasteiger partial charge in [-0.2, -0.15) is 0 Å². The van der Waals surface area contributed by atoms with Gasteiger partial charge in [-0.25, -0.2) is 4.79 Å². The number of aryl methyl sites for hydroxylation is 1. The Morgan fingerprint density at radius 1 is 1.40 bits per heavy atom. The highest BCUT2D eigenvalue weighted by atomic mass is 16.5. The first kappa shape index (κ1) is 14.3. The van der Waals surface area contributed by atoms with Gasteiger partial charge in [0, 0.05) is 32.0 Å². The van der Waals surface area contributed by atoms with Crippen molar-refractivity contribution in [3.05, 3.63) is 50.6 Å². The van der Waals surface area contributed by atoms with Crippen molar-refractivity contribution in [2.75, 3.05) is 7.11 Å². The van der Waals surface area contributed by atoms with Crippen LogP contribution in [0.25, 0.3) is 0 Å². The molecule has 0 aliphatic carbocycles. The van der Waals surface area contributed by atoms with Crippen molar-refractivity contribution in [2.45, 2.75) is 33.0 Å². The van der Waals surface area contributed by atoms with Gasteiger partial charge in [0.1, 0.15) is 12.3 Å². The molecule has 2 aromatic rings. The van der Waals surface area contributed by atoms with E-state index in [0.717, 1.165) is 11.0 Å². The lowest BCUT2D eigenvalue weighted by Gasteiger charge is -2.07. The van der Waals surface area contributed by atoms with Gasteiger partial charge >= 0.3 is 5.69 Å². The highest BCUT2D eigenvalue weighted by molar-refractivity contribution is 5.05. The zero-order valence-electron chi connectivity index (χ0n) is 11.5. The number of methoxy groups -OCH3 is 1. The SMILES string of the molecule is CCCn1ccc(=O)n(Cc2cc(COC)on2)c1=O. The Bertz CT molecular complexity index is 683. The average Bonchev–Trinajstić information content (AvgIpc) is 2.86. The Kier molecular flexibility index (Phi) is 4.52. The van der Waals surface area contributed by atoms with E-state index in [1.807, 2.05) is 6.92 Å². The minimum Gasteiger partial charge on any atom is -0.377 e. The van der Waals surface area contributed by atoms with Crippen LogP contribution in [0.1, 0.15) is 24.8 Å². The van der Waals surface area contributed by atoms with Gasteiger partial charge in [0.15, 0.2) is 5.76 Å². The summed E-state index contributed by atoms with van der Waals surface area (Å²) in [6, 6.07) is 3.06. The molecule has 0 saturated carbocycles. The van der Waals surface area contributed by atoms with Crippen LogP contribution in [0.15, 0.2) is 32.4 Å². The fourth-order valence-corrected chi connectivity index (χ4v) is 1.92. The molecule has 0 unspecified atom stereocenters. The van der Waals surface area contributed by atoms with Crippen LogP contribution in [-0.4, -0.2) is 21.4 Å². The van der Waals surface area contributed by atoms with E-state index in [1.165, 1.54) is 16.8 Å². The third-order valence-corrected chi connectivity index (χ3v) is 2.82. The molecule has 108 valence electrons. The van der Waals surface area contributed by atoms with Gasteiger partial charge in [0.25, 0.3) is 5.56 Å². The monoisotopic (exact) mass is 279 g/mol. The highest BCUT2D eigenvalue weighted by Crippen LogP contribution is 2.05. The second-order valence-corrected chi connectivity index (χ2v) is 4.43. The van der Waals surface area contributed by atoms with Crippen molar-refractivity contribution in [3.8, 4) is 0 Å². The third-order valence-electron chi connectivity index (χ3n) is 2.82. The second-order valence-electron chi connectivity index (χ2n) is 4.43. The number of rotatable bonds is 6. The summed E-state index contributed by atoms with van der Waals surface area (Å²) < 4.78 is 12.6. The molecule has 0 aliphatic rings. The summed E-state index contributed by atoms with van der Waals surface area (Å²) in [7, 11) is 1.55. The number of ether oxygens (including phenoxy) is 1. The first-order valence-corrected chi connectivity index (χ1v) is 6.39. The molecule has 7 nitrogen and oxygen atoms in total. The van der Waals surface area contributed by atoms with E-state index in [1.54, 1.807) is 13.2 Å². The largest absolute Gasteiger partial charge is 0.377 e. The molecular formula is C13H17N3O4. The summed E-state index contributed by atoms with van der Waals surface area (Å²) in [6.07, 6.45) is 2.34. The fraction of sp³-hybridized carbons (Fsp3) is 0.462. The molecule has 2 rings (SSSR count). The third kappa shape index (κ3) is 3.05. The zero-order valence-corrected chi connectivity index (χ0v) is 11.5. The van der Waals surface area contributed by atoms with Crippen molar-refractivity contribution in [1.82, 2.24) is 14.3 Å². The quantitative estimate of drug-likeness (QED) is 0.773. The van der Waals surface area contributed by atoms with E-state index in [4.69, 9.17) is 9.26 Å². The second kappa shape index (κ2) is 6.33. The van der Waals surface area contributed by atoms with E-state index in [2.05, 4.69) is 5.16 Å². The van der Waals surface area contributed by atoms with E-state index in [-0.39, 0.29) is 17.8 Å². The van der Waals surface area contributed by atoms with Gasteiger partial charge < -0.3 is 13.8 Å². The molecule has 0 radical (unpaired) electrons. The summed E-state index contributed by atoms with van der Waals surface area (Å²) in [5.74, 6) is 0.556. The van der Waals surface area contributed by atoms with Crippen LogP contribution in [0.4, 0.5) is 0 Å². The number of aromatic nitrogens is 3. The van der Waals surface area contributed by atoms with Crippen LogP contribution in [0, 0.1) is 0 Å². The van der Waals surface area contributed by atoms with Gasteiger partial charge in [-0.3, -0.25) is 9.36 Å². The Hall–Kier alpha value is -2.15. The summed E-state index contributed by atoms with van der Waals surface area (Å²) in [4.78, 5) is 24.0. The molecule has 0 amide bonds. The highest BCUT2D eigenvalue weighted by Gasteiger charge is 2.09. The van der Waals surface area contributed by atoms with Gasteiger partial charge in [0.05, 0.1) is 6.54 Å². The summed E-state index contributed by atoms with van der Waals surface area (Å²) in [5.41, 5.74) is -0.167. The van der Waals surface area contributed by atoms with Crippen LogP contribution >= 0.6 is 0 Å². The Morgan fingerprint density at radius 2 is 2.20 bits per heavy atom. The first-order valence-electron chi connectivity index (χ1n) is 6.39. The fourth-order valence-electron chi connectivity index (χ4n) is 1.92. The Balaban J connectivity index is 2.30. The molecule has 0 fully saturated rings. The van der Waals surface area contributed by atoms with Crippen molar-refractivity contribution < 1.29 is 9.26 Å². The molecule has 0 atom stereocenters. The predicted octanol–water partition coefficient (Wildman–Crippen LogP) is 0.603. The maximum atomic E-state index is 12.2. The predicted molar refractivity (Wildman–Crippen MR) is 71.6 cm³/mol. The van der Waals surface area contributed by atoms with Crippen LogP contribution in [0.3, 0.4) is 0 Å². The maximum absolute atomic E-state index is 12.2. The van der Waals surface area contributed by atoms with E-state index in [9.17, 15) is 9.59 Å². The molecular weight excluding hydrogens is 262 g/mol. The summed E-state index contributed by atoms with van der Waals surface area (Å²) in [5, 5.41) is 3.83. The molecule has 2 heterocycles. The smallest absolute Gasteiger partial charge is 0.331 e. The van der Waals surface area contributed by atoms with Gasteiger partial charge in [-0.1, -0.05) is 12.1 Å². The van der Waals surface area contributed by atoms with Crippen molar-refractivity contribution in [1.29, 1.82) is 0 Å². The first-order chi connectivity index (χ1) is 9.65. The van der Waals surface area contributed by atoms with Crippen LogP contribution in [-0.2, 0) is 24.4 Å². The standard InChI is InChI=1S/C13H17N3O4/c1-3-5-15-6-4-12(17)16(13(15)18)8-10-7-11(9-19-2)20-14-10/h4,6-7H,3,5,8-9H2,1-2H3.